The second-order valence-electron chi connectivity index (χ2n) is 9.99. The van der Waals surface area contributed by atoms with E-state index in [-0.39, 0.29) is 48.1 Å². The number of hydrogen-bond donors (Lipinski definition) is 0. The van der Waals surface area contributed by atoms with Crippen LogP contribution in [-0.2, 0) is 16.0 Å². The van der Waals surface area contributed by atoms with Crippen LogP contribution in [0.15, 0.2) is 59.1 Å². The van der Waals surface area contributed by atoms with Crippen LogP contribution in [0.5, 0.6) is 5.75 Å². The first-order valence-corrected chi connectivity index (χ1v) is 13.0. The van der Waals surface area contributed by atoms with Crippen molar-refractivity contribution in [1.29, 1.82) is 0 Å². The van der Waals surface area contributed by atoms with Crippen molar-refractivity contribution in [2.45, 2.75) is 19.8 Å². The normalized spacial score (nSPS) is 29.7. The zero-order chi connectivity index (χ0) is 24.4. The molecule has 6 atom stereocenters. The van der Waals surface area contributed by atoms with Gasteiger partial charge in [0.2, 0.25) is 11.8 Å². The maximum Gasteiger partial charge on any atom is 0.259 e. The second-order valence-corrected chi connectivity index (χ2v) is 10.9. The molecule has 0 aromatic heterocycles. The van der Waals surface area contributed by atoms with E-state index >= 15 is 0 Å². The van der Waals surface area contributed by atoms with E-state index in [9.17, 15) is 14.4 Å². The zero-order valence-electron chi connectivity index (χ0n) is 19.7. The monoisotopic (exact) mass is 534 g/mol. The standard InChI is InChI=1S/C28H27BrN2O4/c1-3-15-11-17(29)7-10-23(15)30(26(32)16-5-4-6-18(12-16)35-2)14-31-27(33)24-19-8-9-20(22-13-21(19)22)25(24)28(31)34/h4-12,19-22,24-25H,3,13-14H2,1-2H3. The van der Waals surface area contributed by atoms with Crippen LogP contribution in [0.1, 0.15) is 29.3 Å². The van der Waals surface area contributed by atoms with Crippen molar-refractivity contribution in [2.24, 2.45) is 35.5 Å². The van der Waals surface area contributed by atoms with Gasteiger partial charge in [0.1, 0.15) is 12.4 Å². The fraction of sp³-hybridized carbons (Fsp3) is 0.393. The number of rotatable bonds is 6. The molecule has 1 aliphatic heterocycles. The third-order valence-corrected chi connectivity index (χ3v) is 8.81. The van der Waals surface area contributed by atoms with Crippen molar-refractivity contribution in [2.75, 3.05) is 18.7 Å². The number of benzene rings is 2. The van der Waals surface area contributed by atoms with E-state index in [1.54, 1.807) is 36.3 Å². The molecule has 5 aliphatic rings. The summed E-state index contributed by atoms with van der Waals surface area (Å²) in [4.78, 5) is 44.1. The third-order valence-electron chi connectivity index (χ3n) is 8.31. The molecule has 35 heavy (non-hydrogen) atoms. The molecule has 7 rings (SSSR count). The lowest BCUT2D eigenvalue weighted by Crippen LogP contribution is -2.45. The Bertz CT molecular complexity index is 1240. The van der Waals surface area contributed by atoms with Crippen molar-refractivity contribution < 1.29 is 19.1 Å². The van der Waals surface area contributed by atoms with Gasteiger partial charge in [-0.1, -0.05) is 41.1 Å². The smallest absolute Gasteiger partial charge is 0.259 e. The first-order chi connectivity index (χ1) is 16.9. The summed E-state index contributed by atoms with van der Waals surface area (Å²) in [6.07, 6.45) is 6.14. The fourth-order valence-corrected chi connectivity index (χ4v) is 6.97. The number of hydrogen-bond acceptors (Lipinski definition) is 4. The van der Waals surface area contributed by atoms with Crippen LogP contribution in [0.3, 0.4) is 0 Å². The van der Waals surface area contributed by atoms with Crippen LogP contribution in [0, 0.1) is 35.5 Å². The maximum absolute atomic E-state index is 13.9. The predicted octanol–water partition coefficient (Wildman–Crippen LogP) is 4.68. The number of imide groups is 1. The Morgan fingerprint density at radius 3 is 2.37 bits per heavy atom. The Balaban J connectivity index is 1.38. The second kappa shape index (κ2) is 8.33. The quantitative estimate of drug-likeness (QED) is 0.398. The highest BCUT2D eigenvalue weighted by Crippen LogP contribution is 2.65. The van der Waals surface area contributed by atoms with Crippen LogP contribution < -0.4 is 9.64 Å². The number of aryl methyl sites for hydroxylation is 1. The lowest BCUT2D eigenvalue weighted by Gasteiger charge is -2.37. The highest BCUT2D eigenvalue weighted by atomic mass is 79.9. The Kier molecular flexibility index (Phi) is 5.36. The van der Waals surface area contributed by atoms with Gasteiger partial charge in [0.25, 0.3) is 5.91 Å². The van der Waals surface area contributed by atoms with Crippen LogP contribution in [-0.4, -0.2) is 36.4 Å². The number of carbonyl (C=O) groups is 3. The Morgan fingerprint density at radius 2 is 1.74 bits per heavy atom. The Morgan fingerprint density at radius 1 is 1.06 bits per heavy atom. The van der Waals surface area contributed by atoms with Crippen molar-refractivity contribution in [1.82, 2.24) is 4.90 Å². The van der Waals surface area contributed by atoms with Crippen LogP contribution >= 0.6 is 15.9 Å². The Labute approximate surface area is 213 Å². The average Bonchev–Trinajstić information content (AvgIpc) is 3.67. The van der Waals surface area contributed by atoms with Crippen molar-refractivity contribution in [3.05, 3.63) is 70.2 Å². The molecule has 2 bridgehead atoms. The molecular formula is C28H27BrN2O4. The maximum atomic E-state index is 13.9. The molecule has 1 heterocycles. The fourth-order valence-electron chi connectivity index (χ4n) is 6.56. The first kappa shape index (κ1) is 22.5. The number of carbonyl (C=O) groups excluding carboxylic acids is 3. The van der Waals surface area contributed by atoms with Gasteiger partial charge in [-0.2, -0.15) is 0 Å². The average molecular weight is 535 g/mol. The minimum Gasteiger partial charge on any atom is -0.497 e. The summed E-state index contributed by atoms with van der Waals surface area (Å²) >= 11 is 3.52. The molecule has 3 amide bonds. The number of nitrogens with zero attached hydrogens (tertiary/aromatic N) is 2. The molecule has 2 aromatic carbocycles. The molecule has 180 valence electrons. The van der Waals surface area contributed by atoms with E-state index in [0.29, 0.717) is 35.3 Å². The van der Waals surface area contributed by atoms with E-state index in [0.717, 1.165) is 16.5 Å². The number of halogens is 1. The summed E-state index contributed by atoms with van der Waals surface area (Å²) in [6.45, 7) is 1.93. The number of ether oxygens (including phenoxy) is 1. The van der Waals surface area contributed by atoms with Gasteiger partial charge < -0.3 is 4.74 Å². The first-order valence-electron chi connectivity index (χ1n) is 12.2. The third kappa shape index (κ3) is 3.46. The van der Waals surface area contributed by atoms with Gasteiger partial charge in [-0.05, 0) is 78.5 Å². The minimum absolute atomic E-state index is 0.0931. The zero-order valence-corrected chi connectivity index (χ0v) is 21.3. The molecule has 6 unspecified atom stereocenters. The van der Waals surface area contributed by atoms with E-state index < -0.39 is 0 Å². The molecule has 2 saturated carbocycles. The largest absolute Gasteiger partial charge is 0.497 e. The van der Waals surface area contributed by atoms with E-state index in [1.165, 1.54) is 4.90 Å². The topological polar surface area (TPSA) is 66.9 Å². The van der Waals surface area contributed by atoms with E-state index in [4.69, 9.17) is 4.74 Å². The summed E-state index contributed by atoms with van der Waals surface area (Å²) in [5.41, 5.74) is 2.09. The van der Waals surface area contributed by atoms with Gasteiger partial charge in [-0.25, -0.2) is 0 Å². The summed E-state index contributed by atoms with van der Waals surface area (Å²) in [5.74, 6) is 0.827. The molecule has 2 aromatic rings. The molecule has 4 aliphatic carbocycles. The van der Waals surface area contributed by atoms with Gasteiger partial charge in [0.15, 0.2) is 0 Å². The lowest BCUT2D eigenvalue weighted by molar-refractivity contribution is -0.140. The summed E-state index contributed by atoms with van der Waals surface area (Å²) in [7, 11) is 1.56. The number of methoxy groups -OCH3 is 1. The van der Waals surface area contributed by atoms with E-state index in [1.807, 2.05) is 25.1 Å². The number of anilines is 1. The summed E-state index contributed by atoms with van der Waals surface area (Å²) in [6, 6.07) is 12.7. The Hall–Kier alpha value is -2.93. The molecule has 6 nitrogen and oxygen atoms in total. The van der Waals surface area contributed by atoms with Crippen LogP contribution in [0.25, 0.3) is 0 Å². The van der Waals surface area contributed by atoms with Gasteiger partial charge in [-0.3, -0.25) is 24.2 Å². The number of amides is 3. The highest BCUT2D eigenvalue weighted by Gasteiger charge is 2.67. The molecular weight excluding hydrogens is 508 g/mol. The molecule has 7 heteroatoms. The van der Waals surface area contributed by atoms with Crippen molar-refractivity contribution in [3.63, 3.8) is 0 Å². The molecule has 0 spiro atoms. The number of likely N-dealkylation sites (tertiary alicyclic amines) is 1. The van der Waals surface area contributed by atoms with Gasteiger partial charge >= 0.3 is 0 Å². The molecule has 0 radical (unpaired) electrons. The van der Waals surface area contributed by atoms with E-state index in [2.05, 4.69) is 28.1 Å². The van der Waals surface area contributed by atoms with Gasteiger partial charge in [0.05, 0.1) is 18.9 Å². The van der Waals surface area contributed by atoms with Crippen LogP contribution in [0.2, 0.25) is 0 Å². The lowest BCUT2D eigenvalue weighted by atomic mass is 9.63. The molecule has 3 fully saturated rings. The summed E-state index contributed by atoms with van der Waals surface area (Å²) in [5, 5.41) is 0. The highest BCUT2D eigenvalue weighted by molar-refractivity contribution is 9.10. The SMILES string of the molecule is CCc1cc(Br)ccc1N(CN1C(=O)C2C3C=CC(C4CC34)C2C1=O)C(=O)c1cccc(OC)c1. The number of allylic oxidation sites excluding steroid dienone is 2. The minimum atomic E-state index is -0.286. The van der Waals surface area contributed by atoms with Crippen LogP contribution in [0.4, 0.5) is 5.69 Å². The van der Waals surface area contributed by atoms with Gasteiger partial charge in [0, 0.05) is 15.7 Å². The van der Waals surface area contributed by atoms with Crippen molar-refractivity contribution >= 4 is 39.3 Å². The summed E-state index contributed by atoms with van der Waals surface area (Å²) < 4.78 is 6.24. The van der Waals surface area contributed by atoms with Gasteiger partial charge in [-0.15, -0.1) is 0 Å². The van der Waals surface area contributed by atoms with Crippen molar-refractivity contribution in [3.8, 4) is 5.75 Å². The predicted molar refractivity (Wildman–Crippen MR) is 135 cm³/mol. The molecule has 1 saturated heterocycles. The molecule has 0 N–H and O–H groups in total.